The average Bonchev–Trinajstić information content (AvgIpc) is 2.40. The molecule has 1 unspecified atom stereocenters. The van der Waals surface area contributed by atoms with Crippen molar-refractivity contribution in [2.75, 3.05) is 12.0 Å². The molecule has 0 saturated carbocycles. The number of nitrogens with one attached hydrogen (secondary N) is 1. The number of aromatic hydroxyl groups is 1. The minimum Gasteiger partial charge on any atom is -0.494 e. The predicted molar refractivity (Wildman–Crippen MR) is 81.5 cm³/mol. The molecule has 2 aromatic rings. The van der Waals surface area contributed by atoms with Crippen molar-refractivity contribution in [3.63, 3.8) is 0 Å². The van der Waals surface area contributed by atoms with Gasteiger partial charge in [0.2, 0.25) is 5.88 Å². The van der Waals surface area contributed by atoms with Crippen molar-refractivity contribution in [3.05, 3.63) is 50.9 Å². The van der Waals surface area contributed by atoms with Gasteiger partial charge in [0.1, 0.15) is 11.4 Å². The van der Waals surface area contributed by atoms with E-state index in [1.54, 1.807) is 13.0 Å². The van der Waals surface area contributed by atoms with E-state index in [2.05, 4.69) is 4.98 Å². The molecule has 0 saturated heterocycles. The molecule has 5 nitrogen and oxygen atoms in total. The third-order valence-electron chi connectivity index (χ3n) is 3.11. The van der Waals surface area contributed by atoms with Crippen LogP contribution in [0.4, 0.5) is 4.39 Å². The van der Waals surface area contributed by atoms with E-state index < -0.39 is 22.9 Å². The molecule has 112 valence electrons. The maximum absolute atomic E-state index is 13.9. The molecular weight excluding hydrogens is 295 g/mol. The highest BCUT2D eigenvalue weighted by molar-refractivity contribution is 7.98. The second-order valence-corrected chi connectivity index (χ2v) is 5.52. The molecule has 1 aromatic heterocycles. The van der Waals surface area contributed by atoms with Gasteiger partial charge in [-0.3, -0.25) is 14.3 Å². The lowest BCUT2D eigenvalue weighted by molar-refractivity contribution is 0.385. The summed E-state index contributed by atoms with van der Waals surface area (Å²) in [4.78, 5) is 26.0. The topological polar surface area (TPSA) is 75.1 Å². The summed E-state index contributed by atoms with van der Waals surface area (Å²) in [6, 6.07) is 5.27. The maximum Gasteiger partial charge on any atom is 0.331 e. The minimum atomic E-state index is -0.810. The highest BCUT2D eigenvalue weighted by atomic mass is 32.2. The first-order chi connectivity index (χ1) is 9.97. The van der Waals surface area contributed by atoms with Gasteiger partial charge in [0.25, 0.3) is 5.56 Å². The number of benzene rings is 1. The third kappa shape index (κ3) is 2.87. The lowest BCUT2D eigenvalue weighted by Gasteiger charge is -2.17. The first-order valence-corrected chi connectivity index (χ1v) is 7.68. The van der Waals surface area contributed by atoms with Gasteiger partial charge >= 0.3 is 5.69 Å². The summed E-state index contributed by atoms with van der Waals surface area (Å²) in [5, 5.41) is 10.3. The lowest BCUT2D eigenvalue weighted by Crippen LogP contribution is -2.33. The summed E-state index contributed by atoms with van der Waals surface area (Å²) in [6.45, 7) is 1.74. The number of nitrogens with zero attached hydrogens (tertiary/aromatic N) is 1. The van der Waals surface area contributed by atoms with E-state index in [0.29, 0.717) is 5.75 Å². The Hall–Kier alpha value is -2.02. The summed E-state index contributed by atoms with van der Waals surface area (Å²) in [6.07, 6.45) is 1.86. The Labute approximate surface area is 124 Å². The van der Waals surface area contributed by atoms with Gasteiger partial charge in [-0.25, -0.2) is 9.18 Å². The van der Waals surface area contributed by atoms with Crippen molar-refractivity contribution < 1.29 is 9.50 Å². The number of rotatable bonds is 4. The van der Waals surface area contributed by atoms with Crippen LogP contribution in [0.1, 0.15) is 13.0 Å². The molecule has 2 N–H and O–H groups in total. The van der Waals surface area contributed by atoms with E-state index in [-0.39, 0.29) is 17.2 Å². The summed E-state index contributed by atoms with van der Waals surface area (Å²) in [7, 11) is 0. The zero-order chi connectivity index (χ0) is 15.6. The minimum absolute atomic E-state index is 0.0404. The Morgan fingerprint density at radius 2 is 2.05 bits per heavy atom. The number of halogens is 1. The first kappa shape index (κ1) is 15.4. The van der Waals surface area contributed by atoms with Crippen LogP contribution in [0.15, 0.2) is 33.9 Å². The molecule has 2 rings (SSSR count). The monoisotopic (exact) mass is 310 g/mol. The van der Waals surface area contributed by atoms with Crippen molar-refractivity contribution in [1.82, 2.24) is 9.55 Å². The molecule has 0 amide bonds. The first-order valence-electron chi connectivity index (χ1n) is 6.29. The molecule has 0 radical (unpaired) electrons. The van der Waals surface area contributed by atoms with Crippen LogP contribution in [0.25, 0.3) is 11.1 Å². The van der Waals surface area contributed by atoms with Gasteiger partial charge in [-0.05, 0) is 19.2 Å². The molecule has 0 bridgehead atoms. The summed E-state index contributed by atoms with van der Waals surface area (Å²) >= 11 is 1.49. The highest BCUT2D eigenvalue weighted by Gasteiger charge is 2.21. The zero-order valence-corrected chi connectivity index (χ0v) is 12.4. The van der Waals surface area contributed by atoms with Gasteiger partial charge in [0.15, 0.2) is 0 Å². The Kier molecular flexibility index (Phi) is 4.52. The number of hydrogen-bond acceptors (Lipinski definition) is 4. The number of aromatic nitrogens is 2. The lowest BCUT2D eigenvalue weighted by atomic mass is 10.1. The number of aromatic amines is 1. The second-order valence-electron chi connectivity index (χ2n) is 4.61. The van der Waals surface area contributed by atoms with Gasteiger partial charge in [-0.1, -0.05) is 18.2 Å². The van der Waals surface area contributed by atoms with Gasteiger partial charge in [-0.15, -0.1) is 0 Å². The summed E-state index contributed by atoms with van der Waals surface area (Å²) in [5.41, 5.74) is -1.80. The van der Waals surface area contributed by atoms with Crippen LogP contribution in [0, 0.1) is 5.82 Å². The van der Waals surface area contributed by atoms with Crippen molar-refractivity contribution in [2.24, 2.45) is 0 Å². The van der Waals surface area contributed by atoms with E-state index in [9.17, 15) is 19.1 Å². The standard InChI is InChI=1S/C14H15FN2O3S/c1-8(7-21-2)17-13(19)11(12(18)16-14(17)20)9-5-3-4-6-10(9)15/h3-6,8,19H,7H2,1-2H3,(H,16,18,20). The third-order valence-corrected chi connectivity index (χ3v) is 3.93. The molecule has 1 atom stereocenters. The largest absolute Gasteiger partial charge is 0.494 e. The average molecular weight is 310 g/mol. The maximum atomic E-state index is 13.9. The Morgan fingerprint density at radius 3 is 2.67 bits per heavy atom. The summed E-state index contributed by atoms with van der Waals surface area (Å²) in [5.74, 6) is -0.590. The van der Waals surface area contributed by atoms with Crippen LogP contribution in [0.5, 0.6) is 5.88 Å². The number of hydrogen-bond donors (Lipinski definition) is 2. The fourth-order valence-electron chi connectivity index (χ4n) is 2.17. The highest BCUT2D eigenvalue weighted by Crippen LogP contribution is 2.28. The van der Waals surface area contributed by atoms with E-state index in [1.165, 1.54) is 30.0 Å². The quantitative estimate of drug-likeness (QED) is 0.905. The fraction of sp³-hybridized carbons (Fsp3) is 0.286. The van der Waals surface area contributed by atoms with Gasteiger partial charge in [-0.2, -0.15) is 11.8 Å². The Morgan fingerprint density at radius 1 is 1.38 bits per heavy atom. The van der Waals surface area contributed by atoms with Crippen LogP contribution in [0.2, 0.25) is 0 Å². The fourth-order valence-corrected chi connectivity index (χ4v) is 2.80. The predicted octanol–water partition coefficient (Wildman–Crippen LogP) is 1.97. The molecule has 7 heteroatoms. The number of H-pyrrole nitrogens is 1. The van der Waals surface area contributed by atoms with Crippen molar-refractivity contribution >= 4 is 11.8 Å². The van der Waals surface area contributed by atoms with Gasteiger partial charge < -0.3 is 5.11 Å². The van der Waals surface area contributed by atoms with E-state index in [4.69, 9.17) is 0 Å². The van der Waals surface area contributed by atoms with Crippen molar-refractivity contribution in [2.45, 2.75) is 13.0 Å². The van der Waals surface area contributed by atoms with E-state index in [1.807, 2.05) is 6.26 Å². The van der Waals surface area contributed by atoms with E-state index >= 15 is 0 Å². The zero-order valence-electron chi connectivity index (χ0n) is 11.6. The van der Waals surface area contributed by atoms with Crippen LogP contribution in [0.3, 0.4) is 0 Å². The van der Waals surface area contributed by atoms with Gasteiger partial charge in [0.05, 0.1) is 0 Å². The van der Waals surface area contributed by atoms with Gasteiger partial charge in [0, 0.05) is 17.4 Å². The SMILES string of the molecule is CSCC(C)n1c(O)c(-c2ccccc2F)c(=O)[nH]c1=O. The molecule has 0 fully saturated rings. The normalized spacial score (nSPS) is 12.3. The Balaban J connectivity index is 2.74. The second kappa shape index (κ2) is 6.17. The van der Waals surface area contributed by atoms with Crippen molar-refractivity contribution in [3.8, 4) is 17.0 Å². The van der Waals surface area contributed by atoms with Crippen LogP contribution < -0.4 is 11.2 Å². The van der Waals surface area contributed by atoms with E-state index in [0.717, 1.165) is 4.57 Å². The van der Waals surface area contributed by atoms with Crippen molar-refractivity contribution in [1.29, 1.82) is 0 Å². The molecule has 21 heavy (non-hydrogen) atoms. The molecule has 1 heterocycles. The molecular formula is C14H15FN2O3S. The van der Waals surface area contributed by atoms with Crippen LogP contribution >= 0.6 is 11.8 Å². The van der Waals surface area contributed by atoms with Crippen LogP contribution in [-0.4, -0.2) is 26.7 Å². The van der Waals surface area contributed by atoms with Crippen LogP contribution in [-0.2, 0) is 0 Å². The summed E-state index contributed by atoms with van der Waals surface area (Å²) < 4.78 is 14.9. The molecule has 0 aliphatic heterocycles. The molecule has 0 spiro atoms. The number of thioether (sulfide) groups is 1. The molecule has 0 aliphatic rings. The molecule has 0 aliphatic carbocycles. The Bertz CT molecular complexity index is 770. The smallest absolute Gasteiger partial charge is 0.331 e. The molecule has 1 aromatic carbocycles.